The molecule has 2 unspecified atom stereocenters. The van der Waals surface area contributed by atoms with Gasteiger partial charge in [0.25, 0.3) is 0 Å². The number of rotatable bonds is 10. The van der Waals surface area contributed by atoms with Crippen molar-refractivity contribution in [2.75, 3.05) is 23.9 Å². The van der Waals surface area contributed by atoms with Crippen LogP contribution in [0.25, 0.3) is 0 Å². The van der Waals surface area contributed by atoms with Crippen LogP contribution in [0.3, 0.4) is 0 Å². The number of carbonyl (C=O) groups is 3. The van der Waals surface area contributed by atoms with Crippen LogP contribution in [0, 0.1) is 0 Å². The van der Waals surface area contributed by atoms with E-state index in [4.69, 9.17) is 16.3 Å². The van der Waals surface area contributed by atoms with Gasteiger partial charge >= 0.3 is 5.97 Å². The maximum atomic E-state index is 13.7. The number of ether oxygens (including phenoxy) is 1. The summed E-state index contributed by atoms with van der Waals surface area (Å²) in [7, 11) is -3.89. The van der Waals surface area contributed by atoms with Crippen molar-refractivity contribution in [3.8, 4) is 0 Å². The van der Waals surface area contributed by atoms with Gasteiger partial charge in [-0.2, -0.15) is 0 Å². The molecule has 0 saturated carbocycles. The summed E-state index contributed by atoms with van der Waals surface area (Å²) in [6.45, 7) is 0.928. The monoisotopic (exact) mass is 581 g/mol. The minimum atomic E-state index is -3.89. The molecule has 0 aromatic heterocycles. The summed E-state index contributed by atoms with van der Waals surface area (Å²) in [6, 6.07) is 18.3. The van der Waals surface area contributed by atoms with Gasteiger partial charge in [0.1, 0.15) is 18.0 Å². The Morgan fingerprint density at radius 1 is 1.03 bits per heavy atom. The number of esters is 1. The van der Waals surface area contributed by atoms with Crippen molar-refractivity contribution < 1.29 is 27.5 Å². The third-order valence-corrected chi connectivity index (χ3v) is 11.7. The predicted molar refractivity (Wildman–Crippen MR) is 147 cm³/mol. The van der Waals surface area contributed by atoms with E-state index in [1.54, 1.807) is 0 Å². The quantitative estimate of drug-likeness (QED) is 0.239. The molecule has 2 heterocycles. The number of sulfone groups is 1. The van der Waals surface area contributed by atoms with Crippen molar-refractivity contribution in [1.29, 1.82) is 0 Å². The Kier molecular flexibility index (Phi) is 8.93. The van der Waals surface area contributed by atoms with Crippen LogP contribution in [0.5, 0.6) is 0 Å². The van der Waals surface area contributed by atoms with Crippen molar-refractivity contribution in [1.82, 2.24) is 4.90 Å². The third kappa shape index (κ3) is 6.19. The summed E-state index contributed by atoms with van der Waals surface area (Å²) in [6.07, 6.45) is 1.25. The van der Waals surface area contributed by atoms with Crippen LogP contribution in [-0.2, 0) is 41.8 Å². The number of hydrogen-bond acceptors (Lipinski definition) is 8. The first-order valence-electron chi connectivity index (χ1n) is 11.8. The van der Waals surface area contributed by atoms with Crippen molar-refractivity contribution in [2.24, 2.45) is 0 Å². The van der Waals surface area contributed by atoms with Gasteiger partial charge in [0.05, 0.1) is 10.5 Å². The molecule has 1 amide bonds. The summed E-state index contributed by atoms with van der Waals surface area (Å²) < 4.78 is 30.6. The van der Waals surface area contributed by atoms with Crippen molar-refractivity contribution in [2.45, 2.75) is 41.3 Å². The van der Waals surface area contributed by atoms with E-state index in [1.165, 1.54) is 18.7 Å². The average molecular weight is 582 g/mol. The van der Waals surface area contributed by atoms with Gasteiger partial charge in [-0.25, -0.2) is 8.42 Å². The Balaban J connectivity index is 1.62. The molecule has 2 aromatic carbocycles. The lowest BCUT2D eigenvalue weighted by Crippen LogP contribution is -2.79. The lowest BCUT2D eigenvalue weighted by atomic mass is 9.96. The summed E-state index contributed by atoms with van der Waals surface area (Å²) >= 11 is 8.46. The maximum absolute atomic E-state index is 13.7. The number of alkyl halides is 1. The number of aryl methyl sites for hydroxylation is 2. The van der Waals surface area contributed by atoms with E-state index >= 15 is 0 Å². The molecular formula is C26H28ClNO6S3. The predicted octanol–water partition coefficient (Wildman–Crippen LogP) is 3.34. The number of β-lactam (4-membered cyclic amide) rings is 1. The molecule has 0 aliphatic carbocycles. The lowest BCUT2D eigenvalue weighted by Gasteiger charge is -2.56. The molecule has 4 rings (SSSR count). The van der Waals surface area contributed by atoms with Crippen LogP contribution in [0.2, 0.25) is 0 Å². The zero-order valence-corrected chi connectivity index (χ0v) is 23.5. The Labute approximate surface area is 230 Å². The second-order valence-corrected chi connectivity index (χ2v) is 14.3. The molecule has 198 valence electrons. The molecule has 11 heteroatoms. The van der Waals surface area contributed by atoms with Gasteiger partial charge in [0.2, 0.25) is 11.0 Å². The van der Waals surface area contributed by atoms with E-state index in [0.717, 1.165) is 27.8 Å². The Hall–Kier alpha value is -2.01. The third-order valence-electron chi connectivity index (χ3n) is 6.45. The van der Waals surface area contributed by atoms with E-state index in [1.807, 2.05) is 60.7 Å². The van der Waals surface area contributed by atoms with Gasteiger partial charge < -0.3 is 9.64 Å². The number of hydrogen-bond donors (Lipinski definition) is 0. The number of benzene rings is 2. The molecule has 2 fully saturated rings. The summed E-state index contributed by atoms with van der Waals surface area (Å²) in [5.74, 6) is -0.666. The molecule has 2 aromatic rings. The van der Waals surface area contributed by atoms with Gasteiger partial charge in [-0.15, -0.1) is 23.4 Å². The first-order valence-corrected chi connectivity index (χ1v) is 16.0. The van der Waals surface area contributed by atoms with Crippen LogP contribution in [-0.4, -0.2) is 75.7 Å². The lowest BCUT2D eigenvalue weighted by molar-refractivity contribution is -0.152. The number of thioether (sulfide) groups is 2. The molecule has 37 heavy (non-hydrogen) atoms. The maximum Gasteiger partial charge on any atom is 0.302 e. The number of halogens is 1. The molecule has 2 aliphatic heterocycles. The molecule has 0 N–H and O–H groups in total. The largest absolute Gasteiger partial charge is 0.464 e. The second kappa shape index (κ2) is 11.8. The summed E-state index contributed by atoms with van der Waals surface area (Å²) in [5.41, 5.74) is 2.12. The Morgan fingerprint density at radius 2 is 1.59 bits per heavy atom. The van der Waals surface area contributed by atoms with E-state index in [-0.39, 0.29) is 11.7 Å². The van der Waals surface area contributed by atoms with E-state index in [2.05, 4.69) is 0 Å². The van der Waals surface area contributed by atoms with Gasteiger partial charge in [-0.1, -0.05) is 72.4 Å². The fourth-order valence-corrected chi connectivity index (χ4v) is 10.7. The zero-order chi connectivity index (χ0) is 26.6. The fourth-order valence-electron chi connectivity index (χ4n) is 4.68. The van der Waals surface area contributed by atoms with Crippen LogP contribution in [0.15, 0.2) is 60.7 Å². The van der Waals surface area contributed by atoms with Crippen molar-refractivity contribution >= 4 is 62.0 Å². The summed E-state index contributed by atoms with van der Waals surface area (Å²) in [4.78, 5) is 39.5. The van der Waals surface area contributed by atoms with E-state index in [0.29, 0.717) is 24.3 Å². The second-order valence-electron chi connectivity index (χ2n) is 9.08. The molecule has 2 saturated heterocycles. The highest BCUT2D eigenvalue weighted by atomic mass is 35.5. The van der Waals surface area contributed by atoms with Gasteiger partial charge in [0.15, 0.2) is 15.2 Å². The summed E-state index contributed by atoms with van der Waals surface area (Å²) in [5, 5.41) is -2.81. The van der Waals surface area contributed by atoms with Crippen LogP contribution in [0.4, 0.5) is 0 Å². The zero-order valence-electron chi connectivity index (χ0n) is 20.2. The highest BCUT2D eigenvalue weighted by Crippen LogP contribution is 2.48. The molecule has 0 radical (unpaired) electrons. The number of nitrogens with zero attached hydrogens (tertiary/aromatic N) is 1. The minimum absolute atomic E-state index is 0.305. The fraction of sp³-hybridized carbons (Fsp3) is 0.423. The molecule has 4 atom stereocenters. The van der Waals surface area contributed by atoms with Gasteiger partial charge in [-0.3, -0.25) is 14.4 Å². The standard InChI is InChI=1S/C26H28ClNO6S3/c1-18(29)34-16-26(36-15-13-20-10-6-3-7-11-20)17-37(32,33)24-21(27)23(30)28(24)22(26)25(31)35-14-12-19-8-4-2-5-9-19/h2-11,21-22,24H,12-17H2,1H3/t21-,22?,24+,26?/m0/s1. The normalized spacial score (nSPS) is 26.2. The Morgan fingerprint density at radius 3 is 2.16 bits per heavy atom. The van der Waals surface area contributed by atoms with Crippen LogP contribution >= 0.6 is 35.1 Å². The SMILES string of the molecule is CC(=O)OCC1(SCCc2ccccc2)CS(=O)(=O)[C@@H]2[C@@H](Cl)C(=O)N2C1C(=O)SCCc1ccccc1. The van der Waals surface area contributed by atoms with Crippen molar-refractivity contribution in [3.05, 3.63) is 71.8 Å². The van der Waals surface area contributed by atoms with Crippen LogP contribution < -0.4 is 0 Å². The highest BCUT2D eigenvalue weighted by Gasteiger charge is 2.67. The first kappa shape index (κ1) is 28.0. The van der Waals surface area contributed by atoms with E-state index in [9.17, 15) is 22.8 Å². The van der Waals surface area contributed by atoms with Crippen LogP contribution in [0.1, 0.15) is 18.1 Å². The smallest absolute Gasteiger partial charge is 0.302 e. The van der Waals surface area contributed by atoms with Crippen molar-refractivity contribution in [3.63, 3.8) is 0 Å². The first-order chi connectivity index (χ1) is 17.6. The topological polar surface area (TPSA) is 97.8 Å². The molecule has 0 bridgehead atoms. The number of fused-ring (bicyclic) bond motifs is 1. The Bertz CT molecular complexity index is 1240. The van der Waals surface area contributed by atoms with Gasteiger partial charge in [-0.05, 0) is 29.7 Å². The van der Waals surface area contributed by atoms with E-state index < -0.39 is 49.0 Å². The molecule has 2 aliphatic rings. The number of carbonyl (C=O) groups excluding carboxylic acids is 3. The molecule has 0 spiro atoms. The minimum Gasteiger partial charge on any atom is -0.464 e. The molecule has 7 nitrogen and oxygen atoms in total. The molecular weight excluding hydrogens is 554 g/mol. The van der Waals surface area contributed by atoms with Gasteiger partial charge in [0, 0.05) is 12.7 Å². The highest BCUT2D eigenvalue weighted by molar-refractivity contribution is 8.14. The number of amides is 1. The average Bonchev–Trinajstić information content (AvgIpc) is 2.87.